The zero-order valence-electron chi connectivity index (χ0n) is 15.5. The Morgan fingerprint density at radius 1 is 1.19 bits per heavy atom. The van der Waals surface area contributed by atoms with Crippen LogP contribution in [0.15, 0.2) is 42.6 Å². The lowest BCUT2D eigenvalue weighted by Crippen LogP contribution is -2.29. The van der Waals surface area contributed by atoms with E-state index in [1.165, 1.54) is 0 Å². The third-order valence-corrected chi connectivity index (χ3v) is 5.90. The van der Waals surface area contributed by atoms with Gasteiger partial charge in [-0.05, 0) is 49.1 Å². The smallest absolute Gasteiger partial charge is 0.197 e. The molecular weight excluding hydrogens is 362 g/mol. The highest BCUT2D eigenvalue weighted by Gasteiger charge is 2.43. The molecule has 142 valence electrons. The van der Waals surface area contributed by atoms with E-state index in [0.29, 0.717) is 17.9 Å². The second-order valence-electron chi connectivity index (χ2n) is 6.90. The molecule has 2 atom stereocenters. The molecule has 2 heterocycles. The van der Waals surface area contributed by atoms with Crippen LogP contribution in [0.4, 0.5) is 0 Å². The SMILES string of the molecule is CCc1ccc(C(O)COc2ccc(CC3(C)SC(=O)CC3=O)cc2)nc1. The Bertz CT molecular complexity index is 819. The lowest BCUT2D eigenvalue weighted by Gasteiger charge is -2.20. The number of rotatable bonds is 7. The highest BCUT2D eigenvalue weighted by molar-refractivity contribution is 8.16. The zero-order chi connectivity index (χ0) is 19.4. The molecule has 2 unspecified atom stereocenters. The number of pyridine rings is 1. The number of aliphatic hydroxyl groups excluding tert-OH is 1. The Kier molecular flexibility index (Phi) is 5.97. The van der Waals surface area contributed by atoms with Crippen LogP contribution >= 0.6 is 11.8 Å². The maximum atomic E-state index is 12.0. The Morgan fingerprint density at radius 3 is 2.44 bits per heavy atom. The third-order valence-electron chi connectivity index (χ3n) is 4.70. The summed E-state index contributed by atoms with van der Waals surface area (Å²) in [6.07, 6.45) is 2.41. The van der Waals surface area contributed by atoms with Gasteiger partial charge in [0, 0.05) is 6.20 Å². The van der Waals surface area contributed by atoms with E-state index in [9.17, 15) is 14.7 Å². The Labute approximate surface area is 163 Å². The second-order valence-corrected chi connectivity index (χ2v) is 8.46. The van der Waals surface area contributed by atoms with E-state index in [0.717, 1.165) is 29.3 Å². The normalized spacial score (nSPS) is 20.7. The molecule has 27 heavy (non-hydrogen) atoms. The summed E-state index contributed by atoms with van der Waals surface area (Å²) in [5, 5.41) is 10.2. The van der Waals surface area contributed by atoms with Crippen molar-refractivity contribution in [1.82, 2.24) is 4.98 Å². The third kappa shape index (κ3) is 4.76. The molecular formula is C21H23NO4S. The van der Waals surface area contributed by atoms with E-state index in [-0.39, 0.29) is 23.9 Å². The molecule has 2 aromatic rings. The summed E-state index contributed by atoms with van der Waals surface area (Å²) in [6.45, 7) is 3.99. The van der Waals surface area contributed by atoms with E-state index < -0.39 is 10.9 Å². The number of ketones is 1. The van der Waals surface area contributed by atoms with Gasteiger partial charge in [0.25, 0.3) is 0 Å². The monoisotopic (exact) mass is 385 g/mol. The molecule has 1 N–H and O–H groups in total. The van der Waals surface area contributed by atoms with Crippen molar-refractivity contribution in [2.24, 2.45) is 0 Å². The van der Waals surface area contributed by atoms with Crippen molar-refractivity contribution >= 4 is 22.7 Å². The van der Waals surface area contributed by atoms with Crippen LogP contribution in [-0.4, -0.2) is 32.3 Å². The summed E-state index contributed by atoms with van der Waals surface area (Å²) in [4.78, 5) is 27.8. The predicted molar refractivity (Wildman–Crippen MR) is 105 cm³/mol. The quantitative estimate of drug-likeness (QED) is 0.737. The van der Waals surface area contributed by atoms with Gasteiger partial charge in [-0.1, -0.05) is 36.9 Å². The number of carbonyl (C=O) groups is 2. The summed E-state index contributed by atoms with van der Waals surface area (Å²) in [6, 6.07) is 11.2. The van der Waals surface area contributed by atoms with Crippen molar-refractivity contribution in [3.63, 3.8) is 0 Å². The first-order valence-corrected chi connectivity index (χ1v) is 9.81. The lowest BCUT2D eigenvalue weighted by atomic mass is 9.95. The van der Waals surface area contributed by atoms with Crippen LogP contribution in [0.2, 0.25) is 0 Å². The fourth-order valence-electron chi connectivity index (χ4n) is 2.99. The van der Waals surface area contributed by atoms with Gasteiger partial charge in [-0.3, -0.25) is 14.6 Å². The highest BCUT2D eigenvalue weighted by atomic mass is 32.2. The summed E-state index contributed by atoms with van der Waals surface area (Å²) in [5.41, 5.74) is 2.67. The maximum absolute atomic E-state index is 12.0. The lowest BCUT2D eigenvalue weighted by molar-refractivity contribution is -0.123. The minimum absolute atomic E-state index is 0.0115. The molecule has 3 rings (SSSR count). The number of carbonyl (C=O) groups excluding carboxylic acids is 2. The van der Waals surface area contributed by atoms with Crippen molar-refractivity contribution in [2.45, 2.75) is 44.0 Å². The average Bonchev–Trinajstić information content (AvgIpc) is 2.92. The predicted octanol–water partition coefficient (Wildman–Crippen LogP) is 3.29. The van der Waals surface area contributed by atoms with Gasteiger partial charge in [0.2, 0.25) is 0 Å². The van der Waals surface area contributed by atoms with Gasteiger partial charge in [-0.15, -0.1) is 0 Å². The van der Waals surface area contributed by atoms with Crippen LogP contribution in [0.5, 0.6) is 5.75 Å². The van der Waals surface area contributed by atoms with Gasteiger partial charge in [-0.2, -0.15) is 0 Å². The summed E-state index contributed by atoms with van der Waals surface area (Å²) >= 11 is 1.13. The van der Waals surface area contributed by atoms with Gasteiger partial charge < -0.3 is 9.84 Å². The molecule has 0 radical (unpaired) electrons. The molecule has 0 spiro atoms. The fraction of sp³-hybridized carbons (Fsp3) is 0.381. The molecule has 5 nitrogen and oxygen atoms in total. The molecule has 1 aromatic carbocycles. The number of ether oxygens (including phenoxy) is 1. The minimum atomic E-state index is -0.798. The standard InChI is InChI=1S/C21H23NO4S/c1-3-14-6-9-17(22-12-14)18(23)13-26-16-7-4-15(5-8-16)11-21(2)19(24)10-20(25)27-21/h4-9,12,18,23H,3,10-11,13H2,1-2H3. The van der Waals surface area contributed by atoms with Crippen LogP contribution in [0, 0.1) is 0 Å². The number of aliphatic hydroxyl groups is 1. The summed E-state index contributed by atoms with van der Waals surface area (Å²) < 4.78 is 4.98. The Hall–Kier alpha value is -2.18. The van der Waals surface area contributed by atoms with E-state index in [4.69, 9.17) is 4.74 Å². The van der Waals surface area contributed by atoms with E-state index in [1.807, 2.05) is 43.3 Å². The van der Waals surface area contributed by atoms with E-state index >= 15 is 0 Å². The number of thioether (sulfide) groups is 1. The molecule has 1 aromatic heterocycles. The number of aromatic nitrogens is 1. The number of hydrogen-bond acceptors (Lipinski definition) is 6. The van der Waals surface area contributed by atoms with Crippen LogP contribution in [0.1, 0.15) is 43.2 Å². The number of nitrogens with zero attached hydrogens (tertiary/aromatic N) is 1. The van der Waals surface area contributed by atoms with Gasteiger partial charge in [0.15, 0.2) is 10.9 Å². The molecule has 1 aliphatic heterocycles. The second kappa shape index (κ2) is 8.23. The van der Waals surface area contributed by atoms with Crippen molar-refractivity contribution in [2.75, 3.05) is 6.61 Å². The molecule has 1 saturated heterocycles. The van der Waals surface area contributed by atoms with Crippen LogP contribution in [-0.2, 0) is 22.4 Å². The highest BCUT2D eigenvalue weighted by Crippen LogP contribution is 2.38. The summed E-state index contributed by atoms with van der Waals surface area (Å²) in [5.74, 6) is 0.622. The first-order valence-electron chi connectivity index (χ1n) is 8.99. The van der Waals surface area contributed by atoms with Crippen LogP contribution < -0.4 is 4.74 Å². The molecule has 0 aliphatic carbocycles. The molecule has 6 heteroatoms. The summed E-state index contributed by atoms with van der Waals surface area (Å²) in [7, 11) is 0. The van der Waals surface area contributed by atoms with Crippen molar-refractivity contribution in [3.8, 4) is 5.75 Å². The van der Waals surface area contributed by atoms with Gasteiger partial charge in [-0.25, -0.2) is 0 Å². The zero-order valence-corrected chi connectivity index (χ0v) is 16.3. The number of aryl methyl sites for hydroxylation is 1. The molecule has 0 amide bonds. The van der Waals surface area contributed by atoms with Gasteiger partial charge in [0.05, 0.1) is 16.9 Å². The molecule has 0 saturated carbocycles. The average molecular weight is 385 g/mol. The van der Waals surface area contributed by atoms with Gasteiger partial charge >= 0.3 is 0 Å². The Balaban J connectivity index is 1.56. The fourth-order valence-corrected chi connectivity index (χ4v) is 4.12. The van der Waals surface area contributed by atoms with Gasteiger partial charge in [0.1, 0.15) is 18.5 Å². The minimum Gasteiger partial charge on any atom is -0.490 e. The number of hydrogen-bond donors (Lipinski definition) is 1. The largest absolute Gasteiger partial charge is 0.490 e. The van der Waals surface area contributed by atoms with E-state index in [1.54, 1.807) is 6.20 Å². The van der Waals surface area contributed by atoms with Crippen molar-refractivity contribution in [3.05, 3.63) is 59.4 Å². The van der Waals surface area contributed by atoms with Crippen LogP contribution in [0.25, 0.3) is 0 Å². The molecule has 0 bridgehead atoms. The van der Waals surface area contributed by atoms with Crippen LogP contribution in [0.3, 0.4) is 0 Å². The molecule has 1 fully saturated rings. The number of Topliss-reactive ketones (excluding diaryl/α,β-unsaturated/α-hetero) is 1. The Morgan fingerprint density at radius 2 is 1.89 bits per heavy atom. The topological polar surface area (TPSA) is 76.5 Å². The maximum Gasteiger partial charge on any atom is 0.197 e. The van der Waals surface area contributed by atoms with Crippen molar-refractivity contribution < 1.29 is 19.4 Å². The number of benzene rings is 1. The van der Waals surface area contributed by atoms with Crippen molar-refractivity contribution in [1.29, 1.82) is 0 Å². The van der Waals surface area contributed by atoms with E-state index in [2.05, 4.69) is 11.9 Å². The first kappa shape index (κ1) is 19.6. The first-order chi connectivity index (χ1) is 12.9. The molecule has 1 aliphatic rings.